The maximum absolute atomic E-state index is 12.4. The molecule has 26 heavy (non-hydrogen) atoms. The van der Waals surface area contributed by atoms with Gasteiger partial charge < -0.3 is 5.32 Å². The number of hydrogen-bond donors (Lipinski definition) is 1. The number of sulfone groups is 1. The van der Waals surface area contributed by atoms with Gasteiger partial charge in [-0.1, -0.05) is 29.8 Å². The first-order valence-corrected chi connectivity index (χ1v) is 9.85. The molecular weight excluding hydrogens is 376 g/mol. The third kappa shape index (κ3) is 3.92. The number of aromatic nitrogens is 3. The van der Waals surface area contributed by atoms with Gasteiger partial charge in [0.15, 0.2) is 15.7 Å². The van der Waals surface area contributed by atoms with Gasteiger partial charge in [-0.25, -0.2) is 8.42 Å². The lowest BCUT2D eigenvalue weighted by molar-refractivity contribution is 0.0949. The molecule has 0 radical (unpaired) electrons. The van der Waals surface area contributed by atoms with Crippen molar-refractivity contribution in [3.8, 4) is 5.69 Å². The Bertz CT molecular complexity index is 1050. The van der Waals surface area contributed by atoms with E-state index in [2.05, 4.69) is 15.5 Å². The van der Waals surface area contributed by atoms with Crippen LogP contribution in [0.5, 0.6) is 0 Å². The molecule has 0 fully saturated rings. The largest absolute Gasteiger partial charge is 0.345 e. The van der Waals surface area contributed by atoms with E-state index in [-0.39, 0.29) is 22.0 Å². The number of halogens is 1. The normalized spacial score (nSPS) is 11.3. The maximum atomic E-state index is 12.4. The Labute approximate surface area is 155 Å². The highest BCUT2D eigenvalue weighted by molar-refractivity contribution is 7.90. The smallest absolute Gasteiger partial charge is 0.253 e. The van der Waals surface area contributed by atoms with E-state index in [0.29, 0.717) is 5.82 Å². The summed E-state index contributed by atoms with van der Waals surface area (Å²) in [6.07, 6.45) is 2.62. The fourth-order valence-corrected chi connectivity index (χ4v) is 3.20. The van der Waals surface area contributed by atoms with Crippen LogP contribution in [0, 0.1) is 0 Å². The van der Waals surface area contributed by atoms with Crippen LogP contribution in [-0.4, -0.2) is 35.3 Å². The van der Waals surface area contributed by atoms with Crippen LogP contribution in [-0.2, 0) is 16.4 Å². The van der Waals surface area contributed by atoms with E-state index in [1.165, 1.54) is 18.2 Å². The molecule has 0 aliphatic rings. The number of nitrogens with one attached hydrogen (secondary N) is 1. The average molecular weight is 391 g/mol. The standard InChI is InChI=1S/C17H15ClN4O3S/c1-26(24,25)13-7-8-15(18)14(9-13)17(23)19-10-16-21-20-11-22(16)12-5-3-2-4-6-12/h2-9,11H,10H2,1H3,(H,19,23). The highest BCUT2D eigenvalue weighted by Gasteiger charge is 2.16. The van der Waals surface area contributed by atoms with Gasteiger partial charge >= 0.3 is 0 Å². The Morgan fingerprint density at radius 3 is 2.62 bits per heavy atom. The van der Waals surface area contributed by atoms with Gasteiger partial charge in [0.05, 0.1) is 22.0 Å². The van der Waals surface area contributed by atoms with Crippen LogP contribution < -0.4 is 5.32 Å². The molecule has 0 bridgehead atoms. The number of nitrogens with zero attached hydrogens (tertiary/aromatic N) is 3. The maximum Gasteiger partial charge on any atom is 0.253 e. The molecule has 1 heterocycles. The molecule has 2 aromatic carbocycles. The van der Waals surface area contributed by atoms with Gasteiger partial charge in [-0.15, -0.1) is 10.2 Å². The Balaban J connectivity index is 1.80. The number of benzene rings is 2. The molecule has 3 rings (SSSR count). The number of rotatable bonds is 5. The lowest BCUT2D eigenvalue weighted by Gasteiger charge is -2.09. The number of amides is 1. The molecule has 1 N–H and O–H groups in total. The fourth-order valence-electron chi connectivity index (χ4n) is 2.35. The van der Waals surface area contributed by atoms with E-state index in [1.807, 2.05) is 30.3 Å². The first-order valence-electron chi connectivity index (χ1n) is 7.58. The molecule has 1 amide bonds. The van der Waals surface area contributed by atoms with E-state index in [9.17, 15) is 13.2 Å². The van der Waals surface area contributed by atoms with Crippen LogP contribution in [0.25, 0.3) is 5.69 Å². The van der Waals surface area contributed by atoms with E-state index in [0.717, 1.165) is 11.9 Å². The topological polar surface area (TPSA) is 93.9 Å². The van der Waals surface area contributed by atoms with Crippen molar-refractivity contribution in [1.82, 2.24) is 20.1 Å². The van der Waals surface area contributed by atoms with Crippen molar-refractivity contribution in [3.05, 3.63) is 71.3 Å². The van der Waals surface area contributed by atoms with Gasteiger partial charge in [0.25, 0.3) is 5.91 Å². The zero-order valence-corrected chi connectivity index (χ0v) is 15.3. The lowest BCUT2D eigenvalue weighted by Crippen LogP contribution is -2.25. The van der Waals surface area contributed by atoms with E-state index >= 15 is 0 Å². The quantitative estimate of drug-likeness (QED) is 0.721. The molecule has 9 heteroatoms. The summed E-state index contributed by atoms with van der Waals surface area (Å²) in [7, 11) is -3.44. The van der Waals surface area contributed by atoms with Gasteiger partial charge in [0.1, 0.15) is 6.33 Å². The zero-order valence-electron chi connectivity index (χ0n) is 13.8. The monoisotopic (exact) mass is 390 g/mol. The molecule has 0 aliphatic heterocycles. The van der Waals surface area contributed by atoms with E-state index in [4.69, 9.17) is 11.6 Å². The SMILES string of the molecule is CS(=O)(=O)c1ccc(Cl)c(C(=O)NCc2nncn2-c2ccccc2)c1. The van der Waals surface area contributed by atoms with Crippen molar-refractivity contribution in [2.24, 2.45) is 0 Å². The second-order valence-electron chi connectivity index (χ2n) is 5.55. The highest BCUT2D eigenvalue weighted by atomic mass is 35.5. The number of para-hydroxylation sites is 1. The predicted molar refractivity (Wildman–Crippen MR) is 97.1 cm³/mol. The summed E-state index contributed by atoms with van der Waals surface area (Å²) in [6.45, 7) is 0.104. The highest BCUT2D eigenvalue weighted by Crippen LogP contribution is 2.20. The van der Waals surface area contributed by atoms with Crippen molar-refractivity contribution in [3.63, 3.8) is 0 Å². The summed E-state index contributed by atoms with van der Waals surface area (Å²) >= 11 is 6.04. The first-order chi connectivity index (χ1) is 12.4. The minimum Gasteiger partial charge on any atom is -0.345 e. The molecule has 7 nitrogen and oxygen atoms in total. The Kier molecular flexibility index (Phi) is 5.06. The fraction of sp³-hybridized carbons (Fsp3) is 0.118. The van der Waals surface area contributed by atoms with Gasteiger partial charge in [-0.05, 0) is 30.3 Å². The molecule has 0 aliphatic carbocycles. The second kappa shape index (κ2) is 7.27. The summed E-state index contributed by atoms with van der Waals surface area (Å²) in [5, 5.41) is 10.7. The average Bonchev–Trinajstić information content (AvgIpc) is 3.08. The molecule has 0 unspecified atom stereocenters. The molecule has 134 valence electrons. The Hall–Kier alpha value is -2.71. The minimum absolute atomic E-state index is 0.0273. The number of carbonyl (C=O) groups excluding carboxylic acids is 1. The first kappa shape index (κ1) is 18.1. The Morgan fingerprint density at radius 1 is 1.19 bits per heavy atom. The summed E-state index contributed by atoms with van der Waals surface area (Å²) in [4.78, 5) is 12.5. The van der Waals surface area contributed by atoms with Crippen LogP contribution >= 0.6 is 11.6 Å². The van der Waals surface area contributed by atoms with Crippen molar-refractivity contribution < 1.29 is 13.2 Å². The molecule has 0 saturated carbocycles. The van der Waals surface area contributed by atoms with Crippen molar-refractivity contribution in [1.29, 1.82) is 0 Å². The van der Waals surface area contributed by atoms with E-state index in [1.54, 1.807) is 10.9 Å². The minimum atomic E-state index is -3.44. The van der Waals surface area contributed by atoms with Crippen molar-refractivity contribution in [2.45, 2.75) is 11.4 Å². The molecule has 1 aromatic heterocycles. The third-order valence-corrected chi connectivity index (χ3v) is 5.11. The van der Waals surface area contributed by atoms with Crippen molar-refractivity contribution >= 4 is 27.3 Å². The molecule has 0 saturated heterocycles. The van der Waals surface area contributed by atoms with Gasteiger partial charge in [-0.3, -0.25) is 9.36 Å². The number of carbonyl (C=O) groups is 1. The molecule has 3 aromatic rings. The van der Waals surface area contributed by atoms with Gasteiger partial charge in [0, 0.05) is 11.9 Å². The lowest BCUT2D eigenvalue weighted by atomic mass is 10.2. The van der Waals surface area contributed by atoms with Crippen LogP contribution in [0.1, 0.15) is 16.2 Å². The molecule has 0 spiro atoms. The van der Waals surface area contributed by atoms with Gasteiger partial charge in [-0.2, -0.15) is 0 Å². The molecular formula is C17H15ClN4O3S. The zero-order chi connectivity index (χ0) is 18.7. The third-order valence-electron chi connectivity index (χ3n) is 3.67. The van der Waals surface area contributed by atoms with E-state index < -0.39 is 15.7 Å². The summed E-state index contributed by atoms with van der Waals surface area (Å²) in [6, 6.07) is 13.4. The van der Waals surface area contributed by atoms with Crippen LogP contribution in [0.3, 0.4) is 0 Å². The Morgan fingerprint density at radius 2 is 1.92 bits per heavy atom. The van der Waals surface area contributed by atoms with Gasteiger partial charge in [0.2, 0.25) is 0 Å². The van der Waals surface area contributed by atoms with Crippen LogP contribution in [0.4, 0.5) is 0 Å². The predicted octanol–water partition coefficient (Wildman–Crippen LogP) is 2.25. The summed E-state index contributed by atoms with van der Waals surface area (Å²) < 4.78 is 25.1. The number of hydrogen-bond acceptors (Lipinski definition) is 5. The van der Waals surface area contributed by atoms with Crippen molar-refractivity contribution in [2.75, 3.05) is 6.26 Å². The summed E-state index contributed by atoms with van der Waals surface area (Å²) in [5.74, 6) is 0.0306. The summed E-state index contributed by atoms with van der Waals surface area (Å²) in [5.41, 5.74) is 0.944. The van der Waals surface area contributed by atoms with Crippen LogP contribution in [0.15, 0.2) is 59.8 Å². The van der Waals surface area contributed by atoms with Crippen LogP contribution in [0.2, 0.25) is 5.02 Å². The molecule has 0 atom stereocenters. The second-order valence-corrected chi connectivity index (χ2v) is 7.97.